The fourth-order valence-electron chi connectivity index (χ4n) is 3.48. The molecule has 6 heteroatoms. The van der Waals surface area contributed by atoms with Gasteiger partial charge in [0.25, 0.3) is 0 Å². The maximum atomic E-state index is 6.43. The van der Waals surface area contributed by atoms with Gasteiger partial charge in [0.1, 0.15) is 5.75 Å². The molecule has 25 heavy (non-hydrogen) atoms. The first-order valence-corrected chi connectivity index (χ1v) is 8.75. The molecule has 2 heterocycles. The predicted molar refractivity (Wildman–Crippen MR) is 99.5 cm³/mol. The van der Waals surface area contributed by atoms with E-state index >= 15 is 0 Å². The molecule has 0 fully saturated rings. The first-order valence-electron chi connectivity index (χ1n) is 8.37. The molecule has 1 unspecified atom stereocenters. The van der Waals surface area contributed by atoms with Crippen LogP contribution in [0, 0.1) is 0 Å². The van der Waals surface area contributed by atoms with Crippen LogP contribution in [0.25, 0.3) is 0 Å². The number of nitrogens with zero attached hydrogens (tertiary/aromatic N) is 4. The minimum Gasteiger partial charge on any atom is -0.497 e. The second kappa shape index (κ2) is 6.84. The Kier molecular flexibility index (Phi) is 4.40. The van der Waals surface area contributed by atoms with Crippen LogP contribution >= 0.6 is 11.6 Å². The van der Waals surface area contributed by atoms with E-state index in [1.807, 2.05) is 29.4 Å². The summed E-state index contributed by atoms with van der Waals surface area (Å²) in [5.74, 6) is 1.89. The van der Waals surface area contributed by atoms with E-state index in [0.717, 1.165) is 42.1 Å². The number of hydrogen-bond donors (Lipinski definition) is 0. The maximum absolute atomic E-state index is 6.43. The molecular weight excluding hydrogens is 336 g/mol. The molecule has 128 valence electrons. The van der Waals surface area contributed by atoms with E-state index in [-0.39, 0.29) is 0 Å². The number of hydrogen-bond acceptors (Lipinski definition) is 5. The van der Waals surface area contributed by atoms with Gasteiger partial charge in [0.15, 0.2) is 0 Å². The third-order valence-electron chi connectivity index (χ3n) is 4.83. The SMILES string of the molecule is COc1ccc(Cl)c(C2CCC3=C(C=NN(c4ncccn4)C3)C2)c1. The fourth-order valence-corrected chi connectivity index (χ4v) is 3.75. The van der Waals surface area contributed by atoms with Crippen molar-refractivity contribution in [2.75, 3.05) is 18.7 Å². The van der Waals surface area contributed by atoms with E-state index in [4.69, 9.17) is 16.3 Å². The van der Waals surface area contributed by atoms with Crippen molar-refractivity contribution < 1.29 is 4.74 Å². The molecule has 0 bridgehead atoms. The van der Waals surface area contributed by atoms with Gasteiger partial charge in [-0.25, -0.2) is 15.0 Å². The van der Waals surface area contributed by atoms with Gasteiger partial charge in [-0.05, 0) is 66.2 Å². The summed E-state index contributed by atoms with van der Waals surface area (Å²) in [6, 6.07) is 7.69. The lowest BCUT2D eigenvalue weighted by Crippen LogP contribution is -2.28. The second-order valence-corrected chi connectivity index (χ2v) is 6.71. The predicted octanol–water partition coefficient (Wildman–Crippen LogP) is 4.21. The summed E-state index contributed by atoms with van der Waals surface area (Å²) in [4.78, 5) is 8.56. The first kappa shape index (κ1) is 16.1. The topological polar surface area (TPSA) is 50.6 Å². The molecule has 1 aromatic carbocycles. The summed E-state index contributed by atoms with van der Waals surface area (Å²) >= 11 is 6.43. The highest BCUT2D eigenvalue weighted by atomic mass is 35.5. The Morgan fingerprint density at radius 2 is 2.08 bits per heavy atom. The quantitative estimate of drug-likeness (QED) is 0.828. The highest BCUT2D eigenvalue weighted by Gasteiger charge is 2.27. The molecule has 1 atom stereocenters. The summed E-state index contributed by atoms with van der Waals surface area (Å²) in [6.45, 7) is 0.758. The van der Waals surface area contributed by atoms with Crippen LogP contribution in [-0.2, 0) is 0 Å². The van der Waals surface area contributed by atoms with E-state index in [2.05, 4.69) is 21.1 Å². The smallest absolute Gasteiger partial charge is 0.246 e. The van der Waals surface area contributed by atoms with Crippen molar-refractivity contribution in [1.29, 1.82) is 0 Å². The Labute approximate surface area is 152 Å². The van der Waals surface area contributed by atoms with Gasteiger partial charge in [0, 0.05) is 17.4 Å². The normalized spacial score (nSPS) is 19.8. The number of halogens is 1. The van der Waals surface area contributed by atoms with Crippen LogP contribution in [-0.4, -0.2) is 29.8 Å². The van der Waals surface area contributed by atoms with E-state index < -0.39 is 0 Å². The number of methoxy groups -OCH3 is 1. The molecule has 0 radical (unpaired) electrons. The number of hydrazone groups is 1. The van der Waals surface area contributed by atoms with Gasteiger partial charge in [-0.2, -0.15) is 5.10 Å². The number of aromatic nitrogens is 2. The van der Waals surface area contributed by atoms with Gasteiger partial charge in [-0.1, -0.05) is 11.6 Å². The minimum atomic E-state index is 0.396. The van der Waals surface area contributed by atoms with Crippen LogP contribution in [0.3, 0.4) is 0 Å². The Morgan fingerprint density at radius 1 is 1.24 bits per heavy atom. The molecule has 1 aliphatic heterocycles. The maximum Gasteiger partial charge on any atom is 0.246 e. The zero-order valence-electron chi connectivity index (χ0n) is 14.0. The molecule has 2 aliphatic rings. The van der Waals surface area contributed by atoms with Gasteiger partial charge in [-0.15, -0.1) is 0 Å². The van der Waals surface area contributed by atoms with Crippen LogP contribution in [0.15, 0.2) is 52.9 Å². The summed E-state index contributed by atoms with van der Waals surface area (Å²) in [5, 5.41) is 7.20. The summed E-state index contributed by atoms with van der Waals surface area (Å²) < 4.78 is 5.35. The average Bonchev–Trinajstić information content (AvgIpc) is 2.68. The van der Waals surface area contributed by atoms with E-state index in [1.54, 1.807) is 19.5 Å². The molecule has 0 saturated heterocycles. The second-order valence-electron chi connectivity index (χ2n) is 6.31. The highest BCUT2D eigenvalue weighted by Crippen LogP contribution is 2.41. The lowest BCUT2D eigenvalue weighted by molar-refractivity contribution is 0.413. The number of allylic oxidation sites excluding steroid dienone is 1. The minimum absolute atomic E-state index is 0.396. The third-order valence-corrected chi connectivity index (χ3v) is 5.18. The fraction of sp³-hybridized carbons (Fsp3) is 0.316. The Bertz CT molecular complexity index is 835. The molecule has 2 aromatic rings. The summed E-state index contributed by atoms with van der Waals surface area (Å²) in [5.41, 5.74) is 3.88. The molecular formula is C19H19ClN4O. The van der Waals surface area contributed by atoms with Crippen LogP contribution in [0.2, 0.25) is 5.02 Å². The monoisotopic (exact) mass is 354 g/mol. The van der Waals surface area contributed by atoms with Crippen LogP contribution in [0.5, 0.6) is 5.75 Å². The van der Waals surface area contributed by atoms with E-state index in [1.165, 1.54) is 11.1 Å². The largest absolute Gasteiger partial charge is 0.497 e. The van der Waals surface area contributed by atoms with Crippen molar-refractivity contribution in [2.24, 2.45) is 5.10 Å². The Morgan fingerprint density at radius 3 is 2.88 bits per heavy atom. The van der Waals surface area contributed by atoms with Crippen molar-refractivity contribution in [1.82, 2.24) is 9.97 Å². The molecule has 0 spiro atoms. The van der Waals surface area contributed by atoms with E-state index in [0.29, 0.717) is 11.9 Å². The van der Waals surface area contributed by atoms with Crippen molar-refractivity contribution in [2.45, 2.75) is 25.2 Å². The van der Waals surface area contributed by atoms with Gasteiger partial charge in [-0.3, -0.25) is 0 Å². The van der Waals surface area contributed by atoms with Gasteiger partial charge >= 0.3 is 0 Å². The van der Waals surface area contributed by atoms with Crippen molar-refractivity contribution in [3.63, 3.8) is 0 Å². The number of rotatable bonds is 3. The Hall–Kier alpha value is -2.40. The van der Waals surface area contributed by atoms with Crippen LogP contribution in [0.4, 0.5) is 5.95 Å². The van der Waals surface area contributed by atoms with Crippen LogP contribution < -0.4 is 9.75 Å². The van der Waals surface area contributed by atoms with Crippen molar-refractivity contribution in [3.8, 4) is 5.75 Å². The zero-order chi connectivity index (χ0) is 17.2. The standard InChI is InChI=1S/C19H19ClN4O/c1-25-16-5-6-18(20)17(10-16)13-3-4-14-12-24(23-11-15(14)9-13)19-21-7-2-8-22-19/h2,5-8,10-11,13H,3-4,9,12H2,1H3. The van der Waals surface area contributed by atoms with Gasteiger partial charge in [0.2, 0.25) is 5.95 Å². The molecule has 5 nitrogen and oxygen atoms in total. The lowest BCUT2D eigenvalue weighted by atomic mass is 9.80. The van der Waals surface area contributed by atoms with E-state index in [9.17, 15) is 0 Å². The number of anilines is 1. The summed E-state index contributed by atoms with van der Waals surface area (Å²) in [6.07, 6.45) is 8.49. The first-order chi connectivity index (χ1) is 12.2. The van der Waals surface area contributed by atoms with Crippen LogP contribution in [0.1, 0.15) is 30.7 Å². The molecule has 0 N–H and O–H groups in total. The van der Waals surface area contributed by atoms with Crippen molar-refractivity contribution >= 4 is 23.8 Å². The number of ether oxygens (including phenoxy) is 1. The third kappa shape index (κ3) is 3.24. The lowest BCUT2D eigenvalue weighted by Gasteiger charge is -2.31. The molecule has 0 saturated carbocycles. The van der Waals surface area contributed by atoms with Gasteiger partial charge < -0.3 is 4.74 Å². The van der Waals surface area contributed by atoms with Crippen molar-refractivity contribution in [3.05, 3.63) is 58.4 Å². The average molecular weight is 355 g/mol. The highest BCUT2D eigenvalue weighted by molar-refractivity contribution is 6.31. The Balaban J connectivity index is 1.54. The number of benzene rings is 1. The molecule has 4 rings (SSSR count). The molecule has 1 aromatic heterocycles. The summed E-state index contributed by atoms with van der Waals surface area (Å²) in [7, 11) is 1.68. The molecule has 0 amide bonds. The van der Waals surface area contributed by atoms with Gasteiger partial charge in [0.05, 0.1) is 19.9 Å². The zero-order valence-corrected chi connectivity index (χ0v) is 14.8. The molecule has 1 aliphatic carbocycles.